The number of hydrogen-bond acceptors (Lipinski definition) is 5. The SMILES string of the molecule is Cc1ccccc1OCc1nnc(SC(C)C(=O)N(C)C2CCCCC2)n1-c1ccccc1. The topological polar surface area (TPSA) is 60.3 Å². The predicted octanol–water partition coefficient (Wildman–Crippen LogP) is 5.43. The Morgan fingerprint density at radius 2 is 1.79 bits per heavy atom. The molecule has 0 saturated heterocycles. The fourth-order valence-electron chi connectivity index (χ4n) is 4.31. The number of nitrogens with zero attached hydrogens (tertiary/aromatic N) is 4. The van der Waals surface area contributed by atoms with E-state index in [9.17, 15) is 4.79 Å². The van der Waals surface area contributed by atoms with E-state index in [1.165, 1.54) is 31.0 Å². The third kappa shape index (κ3) is 5.58. The smallest absolute Gasteiger partial charge is 0.235 e. The average Bonchev–Trinajstić information content (AvgIpc) is 3.25. The molecular weight excluding hydrogens is 432 g/mol. The van der Waals surface area contributed by atoms with Crippen LogP contribution in [0.3, 0.4) is 0 Å². The lowest BCUT2D eigenvalue weighted by molar-refractivity contribution is -0.131. The molecule has 1 saturated carbocycles. The minimum absolute atomic E-state index is 0.146. The monoisotopic (exact) mass is 464 g/mol. The van der Waals surface area contributed by atoms with Crippen molar-refractivity contribution in [2.75, 3.05) is 7.05 Å². The van der Waals surface area contributed by atoms with Crippen molar-refractivity contribution < 1.29 is 9.53 Å². The third-order valence-corrected chi connectivity index (χ3v) is 7.30. The predicted molar refractivity (Wildman–Crippen MR) is 132 cm³/mol. The molecule has 1 aliphatic rings. The largest absolute Gasteiger partial charge is 0.485 e. The molecule has 1 aromatic heterocycles. The molecule has 174 valence electrons. The minimum Gasteiger partial charge on any atom is -0.485 e. The molecule has 2 aromatic carbocycles. The number of hydrogen-bond donors (Lipinski definition) is 0. The van der Waals surface area contributed by atoms with E-state index in [0.717, 1.165) is 29.8 Å². The van der Waals surface area contributed by atoms with Crippen LogP contribution in [0.5, 0.6) is 5.75 Å². The minimum atomic E-state index is -0.256. The zero-order valence-electron chi connectivity index (χ0n) is 19.6. The molecule has 7 heteroatoms. The zero-order chi connectivity index (χ0) is 23.2. The van der Waals surface area contributed by atoms with Crippen LogP contribution in [0, 0.1) is 6.92 Å². The van der Waals surface area contributed by atoms with Crippen molar-refractivity contribution in [3.63, 3.8) is 0 Å². The van der Waals surface area contributed by atoms with E-state index in [1.54, 1.807) is 0 Å². The van der Waals surface area contributed by atoms with Crippen molar-refractivity contribution in [3.05, 3.63) is 66.0 Å². The van der Waals surface area contributed by atoms with Gasteiger partial charge in [0.05, 0.1) is 5.25 Å². The second kappa shape index (κ2) is 10.9. The third-order valence-electron chi connectivity index (χ3n) is 6.27. The summed E-state index contributed by atoms with van der Waals surface area (Å²) in [6, 6.07) is 18.3. The number of para-hydroxylation sites is 2. The van der Waals surface area contributed by atoms with E-state index < -0.39 is 0 Å². The highest BCUT2D eigenvalue weighted by Gasteiger charge is 2.28. The summed E-state index contributed by atoms with van der Waals surface area (Å²) in [5.74, 6) is 1.67. The molecule has 33 heavy (non-hydrogen) atoms. The Hall–Kier alpha value is -2.80. The molecule has 1 heterocycles. The van der Waals surface area contributed by atoms with Gasteiger partial charge in [0.25, 0.3) is 0 Å². The second-order valence-corrected chi connectivity index (χ2v) is 9.93. The molecule has 4 rings (SSSR count). The molecule has 1 unspecified atom stereocenters. The number of benzene rings is 2. The molecule has 1 atom stereocenters. The van der Waals surface area contributed by atoms with E-state index in [-0.39, 0.29) is 17.8 Å². The molecule has 1 amide bonds. The Balaban J connectivity index is 1.53. The maximum absolute atomic E-state index is 13.2. The normalized spacial score (nSPS) is 15.2. The van der Waals surface area contributed by atoms with Crippen LogP contribution < -0.4 is 4.74 Å². The Morgan fingerprint density at radius 3 is 2.52 bits per heavy atom. The summed E-state index contributed by atoms with van der Waals surface area (Å²) in [6.07, 6.45) is 5.88. The Morgan fingerprint density at radius 1 is 1.09 bits per heavy atom. The average molecular weight is 465 g/mol. The van der Waals surface area contributed by atoms with E-state index in [4.69, 9.17) is 4.74 Å². The molecule has 1 fully saturated rings. The number of amides is 1. The Kier molecular flexibility index (Phi) is 7.70. The highest BCUT2D eigenvalue weighted by molar-refractivity contribution is 8.00. The van der Waals surface area contributed by atoms with Crippen LogP contribution in [0.25, 0.3) is 5.69 Å². The van der Waals surface area contributed by atoms with Crippen LogP contribution in [-0.4, -0.2) is 43.9 Å². The van der Waals surface area contributed by atoms with Crippen LogP contribution in [0.4, 0.5) is 0 Å². The maximum atomic E-state index is 13.2. The van der Waals surface area contributed by atoms with Crippen LogP contribution in [-0.2, 0) is 11.4 Å². The van der Waals surface area contributed by atoms with Crippen molar-refractivity contribution in [2.45, 2.75) is 69.0 Å². The molecule has 0 N–H and O–H groups in total. The summed E-state index contributed by atoms with van der Waals surface area (Å²) >= 11 is 1.45. The quantitative estimate of drug-likeness (QED) is 0.416. The highest BCUT2D eigenvalue weighted by atomic mass is 32.2. The molecule has 1 aliphatic carbocycles. The lowest BCUT2D eigenvalue weighted by atomic mass is 9.94. The van der Waals surface area contributed by atoms with Crippen molar-refractivity contribution >= 4 is 17.7 Å². The molecular formula is C26H32N4O2S. The summed E-state index contributed by atoms with van der Waals surface area (Å²) in [5.41, 5.74) is 2.02. The molecule has 0 radical (unpaired) electrons. The van der Waals surface area contributed by atoms with Gasteiger partial charge in [-0.15, -0.1) is 10.2 Å². The number of aromatic nitrogens is 3. The van der Waals surface area contributed by atoms with Gasteiger partial charge >= 0.3 is 0 Å². The van der Waals surface area contributed by atoms with Crippen LogP contribution >= 0.6 is 11.8 Å². The van der Waals surface area contributed by atoms with Gasteiger partial charge in [-0.3, -0.25) is 9.36 Å². The summed E-state index contributed by atoms with van der Waals surface area (Å²) in [5, 5.41) is 9.31. The van der Waals surface area contributed by atoms with E-state index in [2.05, 4.69) is 10.2 Å². The van der Waals surface area contributed by atoms with Crippen LogP contribution in [0.2, 0.25) is 0 Å². The van der Waals surface area contributed by atoms with Gasteiger partial charge in [0.1, 0.15) is 12.4 Å². The van der Waals surface area contributed by atoms with Crippen molar-refractivity contribution in [1.82, 2.24) is 19.7 Å². The number of carbonyl (C=O) groups excluding carboxylic acids is 1. The fraction of sp³-hybridized carbons (Fsp3) is 0.423. The van der Waals surface area contributed by atoms with E-state index in [1.807, 2.05) is 85.0 Å². The van der Waals surface area contributed by atoms with Crippen molar-refractivity contribution in [3.8, 4) is 11.4 Å². The first-order chi connectivity index (χ1) is 16.0. The van der Waals surface area contributed by atoms with Crippen molar-refractivity contribution in [2.24, 2.45) is 0 Å². The number of aryl methyl sites for hydroxylation is 1. The number of carbonyl (C=O) groups is 1. The lowest BCUT2D eigenvalue weighted by Crippen LogP contribution is -2.42. The first-order valence-electron chi connectivity index (χ1n) is 11.7. The first kappa shape index (κ1) is 23.4. The van der Waals surface area contributed by atoms with Crippen LogP contribution in [0.15, 0.2) is 59.8 Å². The highest BCUT2D eigenvalue weighted by Crippen LogP contribution is 2.29. The molecule has 0 spiro atoms. The van der Waals surface area contributed by atoms with Gasteiger partial charge in [-0.05, 0) is 50.5 Å². The number of thioether (sulfide) groups is 1. The standard InChI is InChI=1S/C26H32N4O2S/c1-19-12-10-11-17-23(19)32-18-24-27-28-26(30(24)22-15-8-5-9-16-22)33-20(2)25(31)29(3)21-13-6-4-7-14-21/h5,8-12,15-17,20-21H,4,6-7,13-14,18H2,1-3H3. The van der Waals surface area contributed by atoms with Gasteiger partial charge in [-0.1, -0.05) is 67.4 Å². The van der Waals surface area contributed by atoms with Gasteiger partial charge < -0.3 is 9.64 Å². The van der Waals surface area contributed by atoms with Gasteiger partial charge in [0.15, 0.2) is 11.0 Å². The van der Waals surface area contributed by atoms with Gasteiger partial charge in [0.2, 0.25) is 5.91 Å². The lowest BCUT2D eigenvalue weighted by Gasteiger charge is -2.32. The summed E-state index contributed by atoms with van der Waals surface area (Å²) in [6.45, 7) is 4.27. The van der Waals surface area contributed by atoms with Gasteiger partial charge in [-0.25, -0.2) is 0 Å². The zero-order valence-corrected chi connectivity index (χ0v) is 20.4. The van der Waals surface area contributed by atoms with E-state index in [0.29, 0.717) is 17.0 Å². The van der Waals surface area contributed by atoms with Gasteiger partial charge in [-0.2, -0.15) is 0 Å². The Labute approximate surface area is 200 Å². The molecule has 3 aromatic rings. The van der Waals surface area contributed by atoms with E-state index >= 15 is 0 Å². The van der Waals surface area contributed by atoms with Gasteiger partial charge in [0, 0.05) is 18.8 Å². The fourth-order valence-corrected chi connectivity index (χ4v) is 5.30. The van der Waals surface area contributed by atoms with Crippen LogP contribution in [0.1, 0.15) is 50.4 Å². The summed E-state index contributed by atoms with van der Waals surface area (Å²) < 4.78 is 8.05. The number of rotatable bonds is 8. The molecule has 0 aliphatic heterocycles. The van der Waals surface area contributed by atoms with Crippen molar-refractivity contribution in [1.29, 1.82) is 0 Å². The molecule has 0 bridgehead atoms. The molecule has 6 nitrogen and oxygen atoms in total. The Bertz CT molecular complexity index is 1060. The second-order valence-electron chi connectivity index (χ2n) is 8.62. The maximum Gasteiger partial charge on any atom is 0.235 e. The summed E-state index contributed by atoms with van der Waals surface area (Å²) in [4.78, 5) is 15.1. The summed E-state index contributed by atoms with van der Waals surface area (Å²) in [7, 11) is 1.94. The number of ether oxygens (including phenoxy) is 1. The first-order valence-corrected chi connectivity index (χ1v) is 12.5.